The second kappa shape index (κ2) is 6.27. The van der Waals surface area contributed by atoms with E-state index in [1.807, 2.05) is 11.0 Å². The number of aromatic nitrogens is 2. The van der Waals surface area contributed by atoms with Gasteiger partial charge < -0.3 is 10.6 Å². The number of rotatable bonds is 3. The molecule has 6 nitrogen and oxygen atoms in total. The molecule has 3 rings (SSSR count). The van der Waals surface area contributed by atoms with Gasteiger partial charge >= 0.3 is 0 Å². The van der Waals surface area contributed by atoms with E-state index < -0.39 is 0 Å². The van der Waals surface area contributed by atoms with Crippen LogP contribution in [0.25, 0.3) is 10.9 Å². The SMILES string of the molecule is NCC1CCCN(C(=O)Cn2cnc3ccccc3c2=O)C1. The van der Waals surface area contributed by atoms with Gasteiger partial charge in [-0.05, 0) is 37.4 Å². The zero-order valence-corrected chi connectivity index (χ0v) is 12.4. The maximum atomic E-state index is 12.4. The van der Waals surface area contributed by atoms with Gasteiger partial charge in [-0.2, -0.15) is 0 Å². The van der Waals surface area contributed by atoms with Gasteiger partial charge in [-0.15, -0.1) is 0 Å². The minimum absolute atomic E-state index is 0.0357. The summed E-state index contributed by atoms with van der Waals surface area (Å²) in [7, 11) is 0. The highest BCUT2D eigenvalue weighted by Crippen LogP contribution is 2.15. The van der Waals surface area contributed by atoms with Crippen LogP contribution < -0.4 is 11.3 Å². The number of carbonyl (C=O) groups excluding carboxylic acids is 1. The van der Waals surface area contributed by atoms with E-state index in [1.54, 1.807) is 18.2 Å². The molecule has 1 amide bonds. The molecular weight excluding hydrogens is 280 g/mol. The average molecular weight is 300 g/mol. The van der Waals surface area contributed by atoms with Crippen molar-refractivity contribution >= 4 is 16.8 Å². The Kier molecular flexibility index (Phi) is 4.20. The largest absolute Gasteiger partial charge is 0.341 e. The molecule has 1 unspecified atom stereocenters. The van der Waals surface area contributed by atoms with Gasteiger partial charge in [0.1, 0.15) is 6.54 Å². The fourth-order valence-corrected chi connectivity index (χ4v) is 2.95. The number of nitrogens with zero attached hydrogens (tertiary/aromatic N) is 3. The summed E-state index contributed by atoms with van der Waals surface area (Å²) in [4.78, 5) is 30.9. The summed E-state index contributed by atoms with van der Waals surface area (Å²) < 4.78 is 1.39. The first kappa shape index (κ1) is 14.7. The second-order valence-corrected chi connectivity index (χ2v) is 5.78. The highest BCUT2D eigenvalue weighted by Gasteiger charge is 2.23. The first-order valence-electron chi connectivity index (χ1n) is 7.61. The van der Waals surface area contributed by atoms with E-state index in [9.17, 15) is 9.59 Å². The Labute approximate surface area is 128 Å². The topological polar surface area (TPSA) is 81.2 Å². The first-order valence-corrected chi connectivity index (χ1v) is 7.61. The third kappa shape index (κ3) is 2.87. The molecule has 2 aromatic rings. The molecule has 0 radical (unpaired) electrons. The zero-order chi connectivity index (χ0) is 15.5. The Morgan fingerprint density at radius 3 is 3.00 bits per heavy atom. The van der Waals surface area contributed by atoms with Gasteiger partial charge in [-0.1, -0.05) is 12.1 Å². The molecule has 1 aromatic heterocycles. The van der Waals surface area contributed by atoms with Crippen molar-refractivity contribution in [2.24, 2.45) is 11.7 Å². The van der Waals surface area contributed by atoms with Crippen LogP contribution in [0.4, 0.5) is 0 Å². The predicted molar refractivity (Wildman–Crippen MR) is 84.4 cm³/mol. The number of piperidine rings is 1. The fourth-order valence-electron chi connectivity index (χ4n) is 2.95. The Balaban J connectivity index is 1.79. The van der Waals surface area contributed by atoms with Crippen molar-refractivity contribution in [3.8, 4) is 0 Å². The van der Waals surface area contributed by atoms with Crippen molar-refractivity contribution in [1.82, 2.24) is 14.5 Å². The van der Waals surface area contributed by atoms with E-state index in [2.05, 4.69) is 4.98 Å². The minimum atomic E-state index is -0.175. The number of hydrogen-bond donors (Lipinski definition) is 1. The lowest BCUT2D eigenvalue weighted by molar-refractivity contribution is -0.133. The highest BCUT2D eigenvalue weighted by molar-refractivity contribution is 5.79. The van der Waals surface area contributed by atoms with Crippen LogP contribution in [0.3, 0.4) is 0 Å². The van der Waals surface area contributed by atoms with Gasteiger partial charge in [0, 0.05) is 13.1 Å². The Bertz CT molecular complexity index is 740. The third-order valence-corrected chi connectivity index (χ3v) is 4.24. The van der Waals surface area contributed by atoms with E-state index in [0.717, 1.165) is 19.4 Å². The molecule has 6 heteroatoms. The Morgan fingerprint density at radius 2 is 2.18 bits per heavy atom. The molecule has 1 aliphatic rings. The monoisotopic (exact) mass is 300 g/mol. The lowest BCUT2D eigenvalue weighted by atomic mass is 9.98. The summed E-state index contributed by atoms with van der Waals surface area (Å²) in [5.41, 5.74) is 6.18. The lowest BCUT2D eigenvalue weighted by Crippen LogP contribution is -2.44. The lowest BCUT2D eigenvalue weighted by Gasteiger charge is -2.32. The van der Waals surface area contributed by atoms with Crippen molar-refractivity contribution in [1.29, 1.82) is 0 Å². The summed E-state index contributed by atoms with van der Waals surface area (Å²) in [6.07, 6.45) is 3.49. The van der Waals surface area contributed by atoms with Crippen LogP contribution in [0.15, 0.2) is 35.4 Å². The van der Waals surface area contributed by atoms with Gasteiger partial charge in [-0.3, -0.25) is 14.2 Å². The van der Waals surface area contributed by atoms with Gasteiger partial charge in [0.2, 0.25) is 5.91 Å². The van der Waals surface area contributed by atoms with E-state index in [1.165, 1.54) is 10.9 Å². The van der Waals surface area contributed by atoms with Crippen LogP contribution >= 0.6 is 0 Å². The highest BCUT2D eigenvalue weighted by atomic mass is 16.2. The number of carbonyl (C=O) groups is 1. The minimum Gasteiger partial charge on any atom is -0.341 e. The van der Waals surface area contributed by atoms with Gasteiger partial charge in [-0.25, -0.2) is 4.98 Å². The van der Waals surface area contributed by atoms with Gasteiger partial charge in [0.05, 0.1) is 17.2 Å². The third-order valence-electron chi connectivity index (χ3n) is 4.24. The van der Waals surface area contributed by atoms with Crippen LogP contribution in [-0.4, -0.2) is 40.0 Å². The Morgan fingerprint density at radius 1 is 1.36 bits per heavy atom. The molecule has 2 heterocycles. The molecule has 0 aliphatic carbocycles. The number of hydrogen-bond acceptors (Lipinski definition) is 4. The summed E-state index contributed by atoms with van der Waals surface area (Å²) >= 11 is 0. The van der Waals surface area contributed by atoms with Crippen LogP contribution in [0.2, 0.25) is 0 Å². The smallest absolute Gasteiger partial charge is 0.261 e. The molecule has 0 spiro atoms. The van der Waals surface area contributed by atoms with Crippen molar-refractivity contribution in [3.63, 3.8) is 0 Å². The molecule has 22 heavy (non-hydrogen) atoms. The van der Waals surface area contributed by atoms with Crippen molar-refractivity contribution in [2.45, 2.75) is 19.4 Å². The van der Waals surface area contributed by atoms with Crippen LogP contribution in [0.5, 0.6) is 0 Å². The second-order valence-electron chi connectivity index (χ2n) is 5.78. The van der Waals surface area contributed by atoms with Crippen molar-refractivity contribution < 1.29 is 4.79 Å². The standard InChI is InChI=1S/C16H20N4O2/c17-8-12-4-3-7-19(9-12)15(21)10-20-11-18-14-6-2-1-5-13(14)16(20)22/h1-2,5-6,11-12H,3-4,7-10,17H2. The molecule has 1 atom stereocenters. The number of benzene rings is 1. The molecule has 1 aliphatic heterocycles. The normalized spacial score (nSPS) is 18.6. The maximum Gasteiger partial charge on any atom is 0.261 e. The molecule has 0 bridgehead atoms. The summed E-state index contributed by atoms with van der Waals surface area (Å²) in [6.45, 7) is 2.06. The van der Waals surface area contributed by atoms with Gasteiger partial charge in [0.15, 0.2) is 0 Å². The number of fused-ring (bicyclic) bond motifs is 1. The summed E-state index contributed by atoms with van der Waals surface area (Å²) in [6, 6.07) is 7.16. The number of likely N-dealkylation sites (tertiary alicyclic amines) is 1. The van der Waals surface area contributed by atoms with E-state index >= 15 is 0 Å². The Hall–Kier alpha value is -2.21. The molecule has 116 valence electrons. The summed E-state index contributed by atoms with van der Waals surface area (Å²) in [5.74, 6) is 0.321. The van der Waals surface area contributed by atoms with Crippen LogP contribution in [-0.2, 0) is 11.3 Å². The molecule has 1 aromatic carbocycles. The molecule has 1 saturated heterocycles. The molecule has 0 saturated carbocycles. The molecule has 2 N–H and O–H groups in total. The van der Waals surface area contributed by atoms with E-state index in [-0.39, 0.29) is 18.0 Å². The first-order chi connectivity index (χ1) is 10.7. The van der Waals surface area contributed by atoms with Crippen LogP contribution in [0, 0.1) is 5.92 Å². The van der Waals surface area contributed by atoms with Crippen molar-refractivity contribution in [3.05, 3.63) is 40.9 Å². The number of amides is 1. The number of para-hydroxylation sites is 1. The molecule has 1 fully saturated rings. The predicted octanol–water partition coefficient (Wildman–Crippen LogP) is 0.594. The average Bonchev–Trinajstić information content (AvgIpc) is 2.57. The van der Waals surface area contributed by atoms with E-state index in [4.69, 9.17) is 5.73 Å². The van der Waals surface area contributed by atoms with E-state index in [0.29, 0.717) is 29.9 Å². The quantitative estimate of drug-likeness (QED) is 0.899. The van der Waals surface area contributed by atoms with Crippen molar-refractivity contribution in [2.75, 3.05) is 19.6 Å². The maximum absolute atomic E-state index is 12.4. The van der Waals surface area contributed by atoms with Crippen LogP contribution in [0.1, 0.15) is 12.8 Å². The fraction of sp³-hybridized carbons (Fsp3) is 0.438. The summed E-state index contributed by atoms with van der Waals surface area (Å²) in [5, 5.41) is 0.538. The molecular formula is C16H20N4O2. The van der Waals surface area contributed by atoms with Gasteiger partial charge in [0.25, 0.3) is 5.56 Å². The zero-order valence-electron chi connectivity index (χ0n) is 12.4. The number of nitrogens with two attached hydrogens (primary N) is 1.